The average molecular weight is 429 g/mol. The SMILES string of the molecule is COc1cccc(-c2cc(C(=O)Nc3c(C)nc(Oc4ccccc4)nc3C)n(C)n2)c1. The Labute approximate surface area is 185 Å². The Morgan fingerprint density at radius 3 is 2.31 bits per heavy atom. The van der Waals surface area contributed by atoms with Gasteiger partial charge in [-0.2, -0.15) is 15.1 Å². The Kier molecular flexibility index (Phi) is 5.85. The van der Waals surface area contributed by atoms with Crippen molar-refractivity contribution >= 4 is 11.6 Å². The molecule has 32 heavy (non-hydrogen) atoms. The first-order valence-corrected chi connectivity index (χ1v) is 10.0. The Morgan fingerprint density at radius 1 is 0.938 bits per heavy atom. The molecule has 0 bridgehead atoms. The number of ether oxygens (including phenoxy) is 2. The molecule has 1 amide bonds. The lowest BCUT2D eigenvalue weighted by Gasteiger charge is -2.12. The number of nitrogens with zero attached hydrogens (tertiary/aromatic N) is 4. The van der Waals surface area contributed by atoms with Crippen LogP contribution in [0.25, 0.3) is 11.3 Å². The highest BCUT2D eigenvalue weighted by atomic mass is 16.5. The van der Waals surface area contributed by atoms with Gasteiger partial charge in [0, 0.05) is 12.6 Å². The number of rotatable bonds is 6. The largest absolute Gasteiger partial charge is 0.497 e. The normalized spacial score (nSPS) is 10.6. The molecule has 8 nitrogen and oxygen atoms in total. The monoisotopic (exact) mass is 429 g/mol. The summed E-state index contributed by atoms with van der Waals surface area (Å²) in [6.07, 6.45) is 0. The molecule has 4 rings (SSSR count). The lowest BCUT2D eigenvalue weighted by Crippen LogP contribution is -2.18. The fourth-order valence-electron chi connectivity index (χ4n) is 3.29. The highest BCUT2D eigenvalue weighted by molar-refractivity contribution is 6.04. The zero-order valence-corrected chi connectivity index (χ0v) is 18.3. The van der Waals surface area contributed by atoms with E-state index in [9.17, 15) is 4.79 Å². The Bertz CT molecular complexity index is 1240. The predicted molar refractivity (Wildman–Crippen MR) is 121 cm³/mol. The highest BCUT2D eigenvalue weighted by Crippen LogP contribution is 2.26. The minimum absolute atomic E-state index is 0.227. The number of nitrogens with one attached hydrogen (secondary N) is 1. The second kappa shape index (κ2) is 8.89. The molecule has 0 atom stereocenters. The van der Waals surface area contributed by atoms with Gasteiger partial charge in [-0.1, -0.05) is 30.3 Å². The maximum Gasteiger partial charge on any atom is 0.322 e. The minimum Gasteiger partial charge on any atom is -0.497 e. The number of carbonyl (C=O) groups excluding carboxylic acids is 1. The van der Waals surface area contributed by atoms with Crippen molar-refractivity contribution in [2.45, 2.75) is 13.8 Å². The van der Waals surface area contributed by atoms with E-state index in [1.165, 1.54) is 0 Å². The highest BCUT2D eigenvalue weighted by Gasteiger charge is 2.18. The van der Waals surface area contributed by atoms with Gasteiger partial charge < -0.3 is 14.8 Å². The van der Waals surface area contributed by atoms with Crippen LogP contribution in [0.2, 0.25) is 0 Å². The van der Waals surface area contributed by atoms with Gasteiger partial charge in [-0.3, -0.25) is 9.48 Å². The number of benzene rings is 2. The summed E-state index contributed by atoms with van der Waals surface area (Å²) in [5.41, 5.74) is 3.69. The molecule has 0 unspecified atom stereocenters. The zero-order valence-electron chi connectivity index (χ0n) is 18.3. The number of methoxy groups -OCH3 is 1. The van der Waals surface area contributed by atoms with E-state index in [-0.39, 0.29) is 11.9 Å². The molecule has 0 aliphatic heterocycles. The Balaban J connectivity index is 1.56. The third-order valence-corrected chi connectivity index (χ3v) is 4.92. The zero-order chi connectivity index (χ0) is 22.7. The van der Waals surface area contributed by atoms with Gasteiger partial charge in [0.25, 0.3) is 5.91 Å². The van der Waals surface area contributed by atoms with E-state index in [0.717, 1.165) is 11.3 Å². The van der Waals surface area contributed by atoms with Gasteiger partial charge in [0.15, 0.2) is 0 Å². The summed E-state index contributed by atoms with van der Waals surface area (Å²) in [6, 6.07) is 18.8. The molecular formula is C24H23N5O3. The summed E-state index contributed by atoms with van der Waals surface area (Å²) in [5.74, 6) is 1.06. The van der Waals surface area contributed by atoms with E-state index in [0.29, 0.717) is 34.2 Å². The Hall–Kier alpha value is -4.20. The van der Waals surface area contributed by atoms with Gasteiger partial charge in [0.1, 0.15) is 17.2 Å². The predicted octanol–water partition coefficient (Wildman–Crippen LogP) is 4.55. The van der Waals surface area contributed by atoms with Crippen LogP contribution < -0.4 is 14.8 Å². The molecule has 0 radical (unpaired) electrons. The van der Waals surface area contributed by atoms with E-state index in [1.807, 2.05) is 54.6 Å². The number of amides is 1. The number of para-hydroxylation sites is 1. The standard InChI is InChI=1S/C24H23N5O3/c1-15-22(16(2)26-24(25-15)32-18-10-6-5-7-11-18)27-23(30)21-14-20(28-29(21)3)17-9-8-12-19(13-17)31-4/h5-14H,1-4H3,(H,27,30). The third kappa shape index (κ3) is 4.44. The minimum atomic E-state index is -0.305. The van der Waals surface area contributed by atoms with E-state index in [2.05, 4.69) is 20.4 Å². The van der Waals surface area contributed by atoms with Crippen molar-refractivity contribution in [3.8, 4) is 28.8 Å². The molecule has 162 valence electrons. The smallest absolute Gasteiger partial charge is 0.322 e. The summed E-state index contributed by atoms with van der Waals surface area (Å²) in [5, 5.41) is 7.38. The van der Waals surface area contributed by atoms with Gasteiger partial charge in [-0.05, 0) is 44.2 Å². The molecule has 0 aliphatic carbocycles. The van der Waals surface area contributed by atoms with Crippen molar-refractivity contribution in [2.24, 2.45) is 7.05 Å². The van der Waals surface area contributed by atoms with Crippen LogP contribution in [0.15, 0.2) is 60.7 Å². The molecule has 2 heterocycles. The molecular weight excluding hydrogens is 406 g/mol. The summed E-state index contributed by atoms with van der Waals surface area (Å²) < 4.78 is 12.5. The second-order valence-corrected chi connectivity index (χ2v) is 7.19. The number of anilines is 1. The van der Waals surface area contributed by atoms with Crippen LogP contribution >= 0.6 is 0 Å². The first kappa shape index (κ1) is 21.0. The van der Waals surface area contributed by atoms with Crippen molar-refractivity contribution in [2.75, 3.05) is 12.4 Å². The topological polar surface area (TPSA) is 91.2 Å². The number of carbonyl (C=O) groups is 1. The van der Waals surface area contributed by atoms with Crippen LogP contribution in [0.4, 0.5) is 5.69 Å². The van der Waals surface area contributed by atoms with Crippen LogP contribution in [0.3, 0.4) is 0 Å². The van der Waals surface area contributed by atoms with Crippen molar-refractivity contribution in [1.29, 1.82) is 0 Å². The molecule has 0 saturated carbocycles. The van der Waals surface area contributed by atoms with Crippen LogP contribution in [0.5, 0.6) is 17.5 Å². The molecule has 0 saturated heterocycles. The van der Waals surface area contributed by atoms with Crippen LogP contribution in [-0.4, -0.2) is 32.8 Å². The molecule has 1 N–H and O–H groups in total. The number of hydrogen-bond acceptors (Lipinski definition) is 6. The van der Waals surface area contributed by atoms with Gasteiger partial charge >= 0.3 is 6.01 Å². The fourth-order valence-corrected chi connectivity index (χ4v) is 3.29. The van der Waals surface area contributed by atoms with Gasteiger partial charge in [-0.15, -0.1) is 0 Å². The van der Waals surface area contributed by atoms with Gasteiger partial charge in [0.05, 0.1) is 29.9 Å². The van der Waals surface area contributed by atoms with Crippen molar-refractivity contribution in [3.63, 3.8) is 0 Å². The number of aromatic nitrogens is 4. The molecule has 2 aromatic heterocycles. The molecule has 4 aromatic rings. The van der Waals surface area contributed by atoms with E-state index in [1.54, 1.807) is 38.8 Å². The van der Waals surface area contributed by atoms with E-state index < -0.39 is 0 Å². The summed E-state index contributed by atoms with van der Waals surface area (Å²) >= 11 is 0. The summed E-state index contributed by atoms with van der Waals surface area (Å²) in [4.78, 5) is 21.8. The molecule has 0 aliphatic rings. The quantitative estimate of drug-likeness (QED) is 0.484. The van der Waals surface area contributed by atoms with Gasteiger partial charge in [0.2, 0.25) is 0 Å². The van der Waals surface area contributed by atoms with Crippen molar-refractivity contribution in [3.05, 3.63) is 77.7 Å². The molecule has 8 heteroatoms. The fraction of sp³-hybridized carbons (Fsp3) is 0.167. The first-order valence-electron chi connectivity index (χ1n) is 10.0. The lowest BCUT2D eigenvalue weighted by atomic mass is 10.1. The van der Waals surface area contributed by atoms with E-state index in [4.69, 9.17) is 9.47 Å². The summed E-state index contributed by atoms with van der Waals surface area (Å²) in [7, 11) is 3.34. The molecule has 0 spiro atoms. The van der Waals surface area contributed by atoms with Crippen LogP contribution in [0.1, 0.15) is 21.9 Å². The van der Waals surface area contributed by atoms with Gasteiger partial charge in [-0.25, -0.2) is 0 Å². The maximum absolute atomic E-state index is 13.0. The number of hydrogen-bond donors (Lipinski definition) is 1. The Morgan fingerprint density at radius 2 is 1.62 bits per heavy atom. The van der Waals surface area contributed by atoms with Crippen LogP contribution in [-0.2, 0) is 7.05 Å². The summed E-state index contributed by atoms with van der Waals surface area (Å²) in [6.45, 7) is 3.60. The first-order chi connectivity index (χ1) is 15.4. The lowest BCUT2D eigenvalue weighted by molar-refractivity contribution is 0.101. The number of aryl methyl sites for hydroxylation is 3. The van der Waals surface area contributed by atoms with Crippen LogP contribution in [0, 0.1) is 13.8 Å². The second-order valence-electron chi connectivity index (χ2n) is 7.19. The van der Waals surface area contributed by atoms with Crippen molar-refractivity contribution in [1.82, 2.24) is 19.7 Å². The third-order valence-electron chi connectivity index (χ3n) is 4.92. The van der Waals surface area contributed by atoms with Crippen molar-refractivity contribution < 1.29 is 14.3 Å². The molecule has 2 aromatic carbocycles. The average Bonchev–Trinajstić information content (AvgIpc) is 3.19. The maximum atomic E-state index is 13.0. The van der Waals surface area contributed by atoms with E-state index >= 15 is 0 Å². The molecule has 0 fully saturated rings.